The number of benzene rings is 2. The molecule has 0 unspecified atom stereocenters. The number of amides is 3. The summed E-state index contributed by atoms with van der Waals surface area (Å²) in [7, 11) is 0. The molecule has 1 N–H and O–H groups in total. The van der Waals surface area contributed by atoms with E-state index < -0.39 is 0 Å². The molecule has 26 heavy (non-hydrogen) atoms. The van der Waals surface area contributed by atoms with Gasteiger partial charge < -0.3 is 15.1 Å². The normalized spacial score (nSPS) is 18.5. The van der Waals surface area contributed by atoms with Crippen LogP contribution < -0.4 is 10.2 Å². The number of nitrogens with zero attached hydrogens (tertiary/aromatic N) is 2. The highest BCUT2D eigenvalue weighted by molar-refractivity contribution is 6.04. The van der Waals surface area contributed by atoms with Crippen LogP contribution in [0.2, 0.25) is 0 Å². The highest BCUT2D eigenvalue weighted by atomic mass is 16.2. The van der Waals surface area contributed by atoms with Crippen LogP contribution in [0.25, 0.3) is 0 Å². The summed E-state index contributed by atoms with van der Waals surface area (Å²) >= 11 is 0. The van der Waals surface area contributed by atoms with Crippen molar-refractivity contribution in [2.24, 2.45) is 5.41 Å². The minimum atomic E-state index is -0.272. The lowest BCUT2D eigenvalue weighted by Crippen LogP contribution is -2.65. The fourth-order valence-electron chi connectivity index (χ4n) is 3.85. The Hall–Kier alpha value is -2.82. The number of carbonyl (C=O) groups excluding carboxylic acids is 2. The summed E-state index contributed by atoms with van der Waals surface area (Å²) in [6, 6.07) is 19.6. The largest absolute Gasteiger partial charge is 0.334 e. The number of nitrogens with one attached hydrogen (secondary N) is 1. The summed E-state index contributed by atoms with van der Waals surface area (Å²) in [5.41, 5.74) is 1.78. The predicted molar refractivity (Wildman–Crippen MR) is 101 cm³/mol. The summed E-state index contributed by atoms with van der Waals surface area (Å²) in [5.74, 6) is 0.202. The molecule has 2 fully saturated rings. The number of piperidine rings is 1. The van der Waals surface area contributed by atoms with Crippen molar-refractivity contribution in [1.29, 1.82) is 0 Å². The molecule has 4 rings (SSSR count). The molecule has 0 aliphatic carbocycles. The maximum absolute atomic E-state index is 12.7. The molecular weight excluding hydrogens is 326 g/mol. The van der Waals surface area contributed by atoms with Gasteiger partial charge in [-0.15, -0.1) is 0 Å². The lowest BCUT2D eigenvalue weighted by molar-refractivity contribution is -0.138. The number of para-hydroxylation sites is 1. The molecule has 0 radical (unpaired) electrons. The van der Waals surface area contributed by atoms with Gasteiger partial charge >= 0.3 is 6.03 Å². The Morgan fingerprint density at radius 3 is 2.19 bits per heavy atom. The summed E-state index contributed by atoms with van der Waals surface area (Å²) in [4.78, 5) is 28.8. The number of urea groups is 1. The first-order valence-electron chi connectivity index (χ1n) is 9.12. The molecule has 0 atom stereocenters. The van der Waals surface area contributed by atoms with Crippen LogP contribution in [0.15, 0.2) is 60.7 Å². The second kappa shape index (κ2) is 6.83. The van der Waals surface area contributed by atoms with Crippen LogP contribution in [0, 0.1) is 5.41 Å². The third-order valence-electron chi connectivity index (χ3n) is 5.52. The van der Waals surface area contributed by atoms with Gasteiger partial charge in [-0.05, 0) is 30.5 Å². The lowest BCUT2D eigenvalue weighted by Gasteiger charge is -2.52. The van der Waals surface area contributed by atoms with E-state index in [1.54, 1.807) is 0 Å². The quantitative estimate of drug-likeness (QED) is 0.866. The number of β-lactam (4-membered cyclic amide) rings is 1. The predicted octanol–water partition coefficient (Wildman–Crippen LogP) is 3.03. The Morgan fingerprint density at radius 2 is 1.58 bits per heavy atom. The van der Waals surface area contributed by atoms with Crippen LogP contribution in [-0.2, 0) is 11.3 Å². The second-order valence-corrected chi connectivity index (χ2v) is 7.14. The Bertz CT molecular complexity index is 783. The molecule has 1 spiro atoms. The van der Waals surface area contributed by atoms with E-state index in [1.165, 1.54) is 0 Å². The van der Waals surface area contributed by atoms with Crippen LogP contribution in [0.4, 0.5) is 10.5 Å². The van der Waals surface area contributed by atoms with Crippen LogP contribution in [0.1, 0.15) is 18.4 Å². The van der Waals surface area contributed by atoms with Gasteiger partial charge in [-0.25, -0.2) is 4.79 Å². The fraction of sp³-hybridized carbons (Fsp3) is 0.333. The zero-order valence-electron chi connectivity index (χ0n) is 14.7. The third kappa shape index (κ3) is 3.05. The molecule has 2 aliphatic heterocycles. The monoisotopic (exact) mass is 349 g/mol. The summed E-state index contributed by atoms with van der Waals surface area (Å²) < 4.78 is 0. The molecule has 2 aliphatic rings. The van der Waals surface area contributed by atoms with E-state index in [9.17, 15) is 9.59 Å². The molecule has 5 heteroatoms. The van der Waals surface area contributed by atoms with Crippen LogP contribution in [0.5, 0.6) is 0 Å². The summed E-state index contributed by atoms with van der Waals surface area (Å²) in [6.45, 7) is 2.56. The van der Waals surface area contributed by atoms with Crippen molar-refractivity contribution < 1.29 is 9.59 Å². The number of carbonyl (C=O) groups is 2. The average Bonchev–Trinajstić information content (AvgIpc) is 2.72. The topological polar surface area (TPSA) is 52.7 Å². The van der Waals surface area contributed by atoms with Crippen LogP contribution in [-0.4, -0.2) is 36.5 Å². The van der Waals surface area contributed by atoms with Gasteiger partial charge in [-0.1, -0.05) is 48.5 Å². The highest BCUT2D eigenvalue weighted by Crippen LogP contribution is 2.43. The van der Waals surface area contributed by atoms with Gasteiger partial charge in [0.05, 0.1) is 5.41 Å². The maximum Gasteiger partial charge on any atom is 0.317 e. The van der Waals surface area contributed by atoms with Gasteiger partial charge in [0, 0.05) is 31.9 Å². The number of anilines is 1. The van der Waals surface area contributed by atoms with Gasteiger partial charge in [0.25, 0.3) is 0 Å². The zero-order valence-corrected chi connectivity index (χ0v) is 14.7. The Labute approximate surface area is 153 Å². The molecule has 0 bridgehead atoms. The van der Waals surface area contributed by atoms with Gasteiger partial charge in [-0.2, -0.15) is 0 Å². The zero-order chi connectivity index (χ0) is 18.0. The molecule has 2 aromatic rings. The Morgan fingerprint density at radius 1 is 0.962 bits per heavy atom. The number of rotatable bonds is 3. The maximum atomic E-state index is 12.7. The number of hydrogen-bond donors (Lipinski definition) is 1. The lowest BCUT2D eigenvalue weighted by atomic mass is 9.71. The van der Waals surface area contributed by atoms with E-state index in [0.29, 0.717) is 19.6 Å². The molecule has 2 saturated heterocycles. The highest BCUT2D eigenvalue weighted by Gasteiger charge is 2.53. The van der Waals surface area contributed by atoms with E-state index in [1.807, 2.05) is 70.5 Å². The van der Waals surface area contributed by atoms with Crippen molar-refractivity contribution >= 4 is 17.6 Å². The molecule has 3 amide bonds. The third-order valence-corrected chi connectivity index (χ3v) is 5.52. The molecule has 5 nitrogen and oxygen atoms in total. The molecule has 0 saturated carbocycles. The van der Waals surface area contributed by atoms with E-state index in [2.05, 4.69) is 5.32 Å². The molecular formula is C21H23N3O2. The molecule has 0 aromatic heterocycles. The summed E-state index contributed by atoms with van der Waals surface area (Å²) in [6.07, 6.45) is 1.49. The van der Waals surface area contributed by atoms with Crippen molar-refractivity contribution in [3.63, 3.8) is 0 Å². The first-order valence-corrected chi connectivity index (χ1v) is 9.12. The van der Waals surface area contributed by atoms with Crippen molar-refractivity contribution in [1.82, 2.24) is 10.2 Å². The van der Waals surface area contributed by atoms with Gasteiger partial charge in [0.2, 0.25) is 5.91 Å². The van der Waals surface area contributed by atoms with Crippen LogP contribution >= 0.6 is 0 Å². The standard InChI is InChI=1S/C21H23N3O2/c25-19-21(16-24(19)18-9-5-2-6-10-18)11-13-23(14-12-21)20(26)22-15-17-7-3-1-4-8-17/h1-10H,11-16H2,(H,22,26). The van der Waals surface area contributed by atoms with Crippen LogP contribution in [0.3, 0.4) is 0 Å². The smallest absolute Gasteiger partial charge is 0.317 e. The van der Waals surface area contributed by atoms with E-state index in [4.69, 9.17) is 0 Å². The summed E-state index contributed by atoms with van der Waals surface area (Å²) in [5, 5.41) is 2.97. The SMILES string of the molecule is O=C(NCc1ccccc1)N1CCC2(CC1)CN(c1ccccc1)C2=O. The first-order chi connectivity index (χ1) is 12.7. The van der Waals surface area contributed by atoms with E-state index in [-0.39, 0.29) is 17.4 Å². The van der Waals surface area contributed by atoms with Crippen molar-refractivity contribution in [2.75, 3.05) is 24.5 Å². The van der Waals surface area contributed by atoms with Gasteiger partial charge in [0.1, 0.15) is 0 Å². The van der Waals surface area contributed by atoms with Gasteiger partial charge in [-0.3, -0.25) is 4.79 Å². The van der Waals surface area contributed by atoms with E-state index in [0.717, 1.165) is 30.6 Å². The van der Waals surface area contributed by atoms with Gasteiger partial charge in [0.15, 0.2) is 0 Å². The number of hydrogen-bond acceptors (Lipinski definition) is 2. The second-order valence-electron chi connectivity index (χ2n) is 7.14. The minimum absolute atomic E-state index is 0.0459. The molecule has 2 heterocycles. The van der Waals surface area contributed by atoms with Crippen molar-refractivity contribution in [3.8, 4) is 0 Å². The van der Waals surface area contributed by atoms with Crippen molar-refractivity contribution in [2.45, 2.75) is 19.4 Å². The molecule has 2 aromatic carbocycles. The Balaban J connectivity index is 1.29. The first kappa shape index (κ1) is 16.6. The minimum Gasteiger partial charge on any atom is -0.334 e. The average molecular weight is 349 g/mol. The molecule has 134 valence electrons. The van der Waals surface area contributed by atoms with E-state index >= 15 is 0 Å². The fourth-order valence-corrected chi connectivity index (χ4v) is 3.85. The van der Waals surface area contributed by atoms with Crippen molar-refractivity contribution in [3.05, 3.63) is 66.2 Å². The Kier molecular flexibility index (Phi) is 4.37. The number of likely N-dealkylation sites (tertiary alicyclic amines) is 1.